The lowest BCUT2D eigenvalue weighted by molar-refractivity contribution is -0.139. The fraction of sp³-hybridized carbons (Fsp3) is 0.475. The van der Waals surface area contributed by atoms with Crippen LogP contribution in [0.1, 0.15) is 101 Å². The first-order chi connectivity index (χ1) is 21.4. The number of benzene rings is 3. The van der Waals surface area contributed by atoms with Gasteiger partial charge in [0.25, 0.3) is 0 Å². The van der Waals surface area contributed by atoms with Gasteiger partial charge in [-0.3, -0.25) is 0 Å². The number of esters is 1. The van der Waals surface area contributed by atoms with E-state index in [0.717, 1.165) is 29.2 Å². The van der Waals surface area contributed by atoms with Gasteiger partial charge in [-0.05, 0) is 109 Å². The van der Waals surface area contributed by atoms with Crippen LogP contribution in [0.25, 0.3) is 22.3 Å². The molecule has 0 aromatic heterocycles. The lowest BCUT2D eigenvalue weighted by Gasteiger charge is -2.29. The van der Waals surface area contributed by atoms with Gasteiger partial charge in [0.1, 0.15) is 19.0 Å². The van der Waals surface area contributed by atoms with Crippen LogP contribution >= 0.6 is 0 Å². The Morgan fingerprint density at radius 2 is 1.57 bits per heavy atom. The van der Waals surface area contributed by atoms with Crippen LogP contribution in [0.3, 0.4) is 0 Å². The molecule has 1 aliphatic carbocycles. The number of aryl methyl sites for hydroxylation is 2. The maximum atomic E-state index is 11.7. The number of aliphatic hydroxyl groups is 1. The number of hydrogen-bond donors (Lipinski definition) is 1. The Kier molecular flexibility index (Phi) is 13.1. The largest absolute Gasteiger partial charge is 0.490 e. The molecule has 0 saturated heterocycles. The van der Waals surface area contributed by atoms with Crippen LogP contribution in [-0.2, 0) is 22.4 Å². The molecule has 1 fully saturated rings. The molecule has 4 rings (SSSR count). The predicted octanol–water partition coefficient (Wildman–Crippen LogP) is 9.86. The molecular weight excluding hydrogens is 544 g/mol. The molecule has 0 aliphatic heterocycles. The Balaban J connectivity index is 1.45. The third kappa shape index (κ3) is 9.32. The second kappa shape index (κ2) is 17.2. The second-order valence-electron chi connectivity index (χ2n) is 12.5. The zero-order chi connectivity index (χ0) is 31.3. The molecule has 3 aromatic carbocycles. The Labute approximate surface area is 265 Å². The molecule has 0 spiro atoms. The molecule has 1 N–H and O–H groups in total. The van der Waals surface area contributed by atoms with Gasteiger partial charge in [-0.25, -0.2) is 4.79 Å². The molecule has 0 amide bonds. The van der Waals surface area contributed by atoms with E-state index in [-0.39, 0.29) is 19.8 Å². The highest BCUT2D eigenvalue weighted by molar-refractivity contribution is 5.86. The normalized spacial score (nSPS) is 16.5. The fourth-order valence-electron chi connectivity index (χ4n) is 6.50. The molecule has 0 heterocycles. The van der Waals surface area contributed by atoms with Gasteiger partial charge in [-0.15, -0.1) is 0 Å². The van der Waals surface area contributed by atoms with Crippen molar-refractivity contribution in [2.24, 2.45) is 5.92 Å². The van der Waals surface area contributed by atoms with Gasteiger partial charge in [0, 0.05) is 12.2 Å². The van der Waals surface area contributed by atoms with E-state index in [0.29, 0.717) is 24.3 Å². The van der Waals surface area contributed by atoms with E-state index < -0.39 is 5.97 Å². The SMILES string of the molecule is C=C(C)C(=O)OCCOc1cc(-c2ccc(-c3ccc(C4CCC(CCCCC)CC4)cc3)cc2CC)ccc1CCCO. The van der Waals surface area contributed by atoms with Crippen LogP contribution in [0.4, 0.5) is 0 Å². The summed E-state index contributed by atoms with van der Waals surface area (Å²) in [5.41, 5.74) is 8.98. The van der Waals surface area contributed by atoms with Crippen LogP contribution in [-0.4, -0.2) is 30.9 Å². The monoisotopic (exact) mass is 596 g/mol. The topological polar surface area (TPSA) is 55.8 Å². The Bertz CT molecular complexity index is 1350. The second-order valence-corrected chi connectivity index (χ2v) is 12.5. The minimum absolute atomic E-state index is 0.125. The van der Waals surface area contributed by atoms with E-state index in [1.807, 2.05) is 0 Å². The summed E-state index contributed by atoms with van der Waals surface area (Å²) in [5.74, 6) is 1.99. The first-order valence-electron chi connectivity index (χ1n) is 16.9. The van der Waals surface area contributed by atoms with Crippen LogP contribution in [0.5, 0.6) is 5.75 Å². The highest BCUT2D eigenvalue weighted by Crippen LogP contribution is 2.39. The van der Waals surface area contributed by atoms with Crippen molar-refractivity contribution in [2.45, 2.75) is 97.3 Å². The number of carbonyl (C=O) groups excluding carboxylic acids is 1. The summed E-state index contributed by atoms with van der Waals surface area (Å²) in [6.07, 6.45) is 13.2. The summed E-state index contributed by atoms with van der Waals surface area (Å²) in [6, 6.07) is 22.4. The van der Waals surface area contributed by atoms with E-state index in [1.54, 1.807) is 6.92 Å². The number of aliphatic hydroxyl groups excluding tert-OH is 1. The van der Waals surface area contributed by atoms with Crippen LogP contribution in [0, 0.1) is 5.92 Å². The van der Waals surface area contributed by atoms with Gasteiger partial charge < -0.3 is 14.6 Å². The van der Waals surface area contributed by atoms with Crippen molar-refractivity contribution in [3.05, 3.63) is 89.5 Å². The minimum atomic E-state index is -0.412. The number of unbranched alkanes of at least 4 members (excludes halogenated alkanes) is 2. The van der Waals surface area contributed by atoms with Crippen molar-refractivity contribution in [2.75, 3.05) is 19.8 Å². The molecule has 0 radical (unpaired) electrons. The first-order valence-corrected chi connectivity index (χ1v) is 16.9. The standard InChI is InChI=1S/C40H52O4/c1-5-7-8-10-30-12-14-32(15-13-30)33-16-18-34(19-17-33)36-22-23-38(31(6-2)27-36)37-21-20-35(11-9-24-41)39(28-37)43-25-26-44-40(42)29(3)4/h16-23,27-28,30,32,41H,3,5-15,24-26H2,1-2,4H3. The van der Waals surface area contributed by atoms with Crippen LogP contribution in [0.2, 0.25) is 0 Å². The minimum Gasteiger partial charge on any atom is -0.490 e. The average Bonchev–Trinajstić information content (AvgIpc) is 3.06. The smallest absolute Gasteiger partial charge is 0.333 e. The highest BCUT2D eigenvalue weighted by atomic mass is 16.6. The van der Waals surface area contributed by atoms with Gasteiger partial charge >= 0.3 is 5.97 Å². The third-order valence-corrected chi connectivity index (χ3v) is 9.17. The van der Waals surface area contributed by atoms with E-state index >= 15 is 0 Å². The molecular formula is C40H52O4. The van der Waals surface area contributed by atoms with Crippen molar-refractivity contribution in [1.82, 2.24) is 0 Å². The third-order valence-electron chi connectivity index (χ3n) is 9.17. The van der Waals surface area contributed by atoms with E-state index in [4.69, 9.17) is 9.47 Å². The van der Waals surface area contributed by atoms with Gasteiger partial charge in [-0.1, -0.05) is 101 Å². The maximum Gasteiger partial charge on any atom is 0.333 e. The quantitative estimate of drug-likeness (QED) is 0.102. The van der Waals surface area contributed by atoms with Crippen molar-refractivity contribution in [1.29, 1.82) is 0 Å². The Hall–Kier alpha value is -3.37. The van der Waals surface area contributed by atoms with Crippen molar-refractivity contribution in [3.8, 4) is 28.0 Å². The number of hydrogen-bond acceptors (Lipinski definition) is 4. The summed E-state index contributed by atoms with van der Waals surface area (Å²) >= 11 is 0. The summed E-state index contributed by atoms with van der Waals surface area (Å²) in [7, 11) is 0. The molecule has 0 unspecified atom stereocenters. The molecule has 1 aliphatic rings. The van der Waals surface area contributed by atoms with E-state index in [1.165, 1.54) is 79.2 Å². The van der Waals surface area contributed by atoms with Crippen LogP contribution in [0.15, 0.2) is 72.8 Å². The highest BCUT2D eigenvalue weighted by Gasteiger charge is 2.22. The van der Waals surface area contributed by atoms with Gasteiger partial charge in [0.05, 0.1) is 0 Å². The van der Waals surface area contributed by atoms with Crippen LogP contribution < -0.4 is 4.74 Å². The van der Waals surface area contributed by atoms with Gasteiger partial charge in [0.2, 0.25) is 0 Å². The summed E-state index contributed by atoms with van der Waals surface area (Å²) in [5, 5.41) is 9.38. The van der Waals surface area contributed by atoms with Crippen molar-refractivity contribution >= 4 is 5.97 Å². The Morgan fingerprint density at radius 3 is 2.25 bits per heavy atom. The molecule has 44 heavy (non-hydrogen) atoms. The lowest BCUT2D eigenvalue weighted by atomic mass is 9.77. The molecule has 1 saturated carbocycles. The molecule has 0 bridgehead atoms. The first kappa shape index (κ1) is 33.5. The van der Waals surface area contributed by atoms with Gasteiger partial charge in [0.15, 0.2) is 0 Å². The average molecular weight is 597 g/mol. The molecule has 4 heteroatoms. The number of ether oxygens (including phenoxy) is 2. The molecule has 3 aromatic rings. The summed E-state index contributed by atoms with van der Waals surface area (Å²) < 4.78 is 11.3. The van der Waals surface area contributed by atoms with Crippen molar-refractivity contribution in [3.63, 3.8) is 0 Å². The molecule has 236 valence electrons. The zero-order valence-electron chi connectivity index (χ0n) is 27.2. The predicted molar refractivity (Wildman–Crippen MR) is 182 cm³/mol. The van der Waals surface area contributed by atoms with E-state index in [2.05, 4.69) is 81.1 Å². The Morgan fingerprint density at radius 1 is 0.841 bits per heavy atom. The molecule has 4 nitrogen and oxygen atoms in total. The summed E-state index contributed by atoms with van der Waals surface area (Å²) in [4.78, 5) is 11.7. The number of rotatable bonds is 16. The fourth-order valence-corrected chi connectivity index (χ4v) is 6.50. The number of carbonyl (C=O) groups is 1. The van der Waals surface area contributed by atoms with Gasteiger partial charge in [-0.2, -0.15) is 0 Å². The zero-order valence-corrected chi connectivity index (χ0v) is 27.2. The summed E-state index contributed by atoms with van der Waals surface area (Å²) in [6.45, 7) is 10.3. The molecule has 0 atom stereocenters. The lowest BCUT2D eigenvalue weighted by Crippen LogP contribution is -2.13. The van der Waals surface area contributed by atoms with Crippen molar-refractivity contribution < 1.29 is 19.4 Å². The van der Waals surface area contributed by atoms with E-state index in [9.17, 15) is 9.90 Å². The maximum absolute atomic E-state index is 11.7.